The van der Waals surface area contributed by atoms with E-state index in [1.807, 2.05) is 37.3 Å². The normalized spacial score (nSPS) is 10.2. The number of ether oxygens (including phenoxy) is 2. The van der Waals surface area contributed by atoms with Gasteiger partial charge < -0.3 is 9.47 Å². The van der Waals surface area contributed by atoms with Crippen molar-refractivity contribution in [2.24, 2.45) is 0 Å². The van der Waals surface area contributed by atoms with Crippen LogP contribution >= 0.6 is 0 Å². The first kappa shape index (κ1) is 15.7. The van der Waals surface area contributed by atoms with Gasteiger partial charge in [0, 0.05) is 11.6 Å². The minimum atomic E-state index is -0.460. The predicted molar refractivity (Wildman–Crippen MR) is 90.0 cm³/mol. The number of hydrogen-bond donors (Lipinski definition) is 0. The van der Waals surface area contributed by atoms with Crippen LogP contribution in [-0.2, 0) is 0 Å². The Morgan fingerprint density at radius 3 is 2.29 bits per heavy atom. The molecule has 2 aromatic carbocycles. The largest absolute Gasteiger partial charge is 0.494 e. The van der Waals surface area contributed by atoms with Crippen LogP contribution in [0.3, 0.4) is 0 Å². The smallest absolute Gasteiger partial charge is 0.344 e. The lowest BCUT2D eigenvalue weighted by Gasteiger charge is -2.05. The number of aromatic nitrogens is 2. The van der Waals surface area contributed by atoms with Crippen LogP contribution in [0.25, 0.3) is 11.3 Å². The van der Waals surface area contributed by atoms with Crippen molar-refractivity contribution in [2.45, 2.75) is 6.92 Å². The molecule has 0 radical (unpaired) electrons. The topological polar surface area (TPSA) is 61.3 Å². The van der Waals surface area contributed by atoms with Crippen LogP contribution in [0.1, 0.15) is 17.3 Å². The van der Waals surface area contributed by atoms with E-state index in [9.17, 15) is 4.79 Å². The summed E-state index contributed by atoms with van der Waals surface area (Å²) in [5.41, 5.74) is 2.07. The molecule has 0 amide bonds. The molecule has 1 heterocycles. The Morgan fingerprint density at radius 1 is 0.917 bits per heavy atom. The fourth-order valence-corrected chi connectivity index (χ4v) is 2.15. The van der Waals surface area contributed by atoms with Crippen molar-refractivity contribution < 1.29 is 14.3 Å². The first-order valence-corrected chi connectivity index (χ1v) is 7.60. The molecule has 0 N–H and O–H groups in total. The second-order valence-corrected chi connectivity index (χ2v) is 4.97. The lowest BCUT2D eigenvalue weighted by molar-refractivity contribution is 0.0726. The summed E-state index contributed by atoms with van der Waals surface area (Å²) in [6.45, 7) is 2.56. The molecule has 0 aliphatic carbocycles. The molecule has 5 heteroatoms. The molecule has 0 spiro atoms. The zero-order valence-corrected chi connectivity index (χ0v) is 13.2. The van der Waals surface area contributed by atoms with Gasteiger partial charge in [-0.1, -0.05) is 18.2 Å². The van der Waals surface area contributed by atoms with Gasteiger partial charge in [0.2, 0.25) is 5.88 Å². The number of carbonyl (C=O) groups excluding carboxylic acids is 1. The maximum Gasteiger partial charge on any atom is 0.344 e. The van der Waals surface area contributed by atoms with E-state index in [1.54, 1.807) is 36.4 Å². The summed E-state index contributed by atoms with van der Waals surface area (Å²) in [6, 6.07) is 19.7. The van der Waals surface area contributed by atoms with Crippen molar-refractivity contribution in [1.82, 2.24) is 10.2 Å². The number of hydrogen-bond acceptors (Lipinski definition) is 5. The molecule has 5 nitrogen and oxygen atoms in total. The van der Waals surface area contributed by atoms with Gasteiger partial charge in [-0.2, -0.15) is 0 Å². The number of nitrogens with zero attached hydrogens (tertiary/aromatic N) is 2. The Morgan fingerprint density at radius 2 is 1.67 bits per heavy atom. The van der Waals surface area contributed by atoms with Crippen molar-refractivity contribution in [3.63, 3.8) is 0 Å². The minimum absolute atomic E-state index is 0.165. The zero-order valence-electron chi connectivity index (χ0n) is 13.2. The second-order valence-electron chi connectivity index (χ2n) is 4.97. The summed E-state index contributed by atoms with van der Waals surface area (Å²) in [4.78, 5) is 12.0. The Labute approximate surface area is 139 Å². The quantitative estimate of drug-likeness (QED) is 0.670. The number of rotatable bonds is 5. The molecule has 3 aromatic rings. The van der Waals surface area contributed by atoms with E-state index in [-0.39, 0.29) is 5.88 Å². The van der Waals surface area contributed by atoms with E-state index in [0.29, 0.717) is 17.9 Å². The Hall–Kier alpha value is -3.21. The summed E-state index contributed by atoms with van der Waals surface area (Å²) in [7, 11) is 0. The standard InChI is InChI=1S/C19H16N2O3/c1-2-23-16-10-8-14(9-11-16)17-12-13-18(21-20-17)24-19(22)15-6-4-3-5-7-15/h3-13H,2H2,1H3. The number of carbonyl (C=O) groups is 1. The summed E-state index contributed by atoms with van der Waals surface area (Å²) in [5, 5.41) is 8.06. The molecule has 0 aliphatic rings. The zero-order chi connectivity index (χ0) is 16.8. The molecule has 24 heavy (non-hydrogen) atoms. The summed E-state index contributed by atoms with van der Waals surface area (Å²) >= 11 is 0. The molecule has 0 saturated heterocycles. The second kappa shape index (κ2) is 7.37. The minimum Gasteiger partial charge on any atom is -0.494 e. The van der Waals surface area contributed by atoms with Crippen LogP contribution in [-0.4, -0.2) is 22.8 Å². The molecule has 0 atom stereocenters. The monoisotopic (exact) mass is 320 g/mol. The third kappa shape index (κ3) is 3.76. The van der Waals surface area contributed by atoms with Crippen LogP contribution in [0, 0.1) is 0 Å². The van der Waals surface area contributed by atoms with E-state index in [1.165, 1.54) is 0 Å². The Balaban J connectivity index is 1.70. The fraction of sp³-hybridized carbons (Fsp3) is 0.105. The number of benzene rings is 2. The van der Waals surface area contributed by atoms with Crippen LogP contribution in [0.2, 0.25) is 0 Å². The molecule has 3 rings (SSSR count). The summed E-state index contributed by atoms with van der Waals surface area (Å²) < 4.78 is 10.6. The van der Waals surface area contributed by atoms with Gasteiger partial charge in [0.05, 0.1) is 17.9 Å². The van der Waals surface area contributed by atoms with Gasteiger partial charge in [0.15, 0.2) is 0 Å². The average molecular weight is 320 g/mol. The van der Waals surface area contributed by atoms with Crippen LogP contribution in [0.15, 0.2) is 66.7 Å². The maximum absolute atomic E-state index is 12.0. The van der Waals surface area contributed by atoms with E-state index < -0.39 is 5.97 Å². The highest BCUT2D eigenvalue weighted by atomic mass is 16.5. The summed E-state index contributed by atoms with van der Waals surface area (Å²) in [5.74, 6) is 0.514. The first-order chi connectivity index (χ1) is 11.8. The van der Waals surface area contributed by atoms with E-state index in [2.05, 4.69) is 10.2 Å². The third-order valence-corrected chi connectivity index (χ3v) is 3.31. The van der Waals surface area contributed by atoms with Crippen LogP contribution in [0.4, 0.5) is 0 Å². The van der Waals surface area contributed by atoms with Gasteiger partial charge in [-0.3, -0.25) is 0 Å². The first-order valence-electron chi connectivity index (χ1n) is 7.60. The van der Waals surface area contributed by atoms with E-state index >= 15 is 0 Å². The van der Waals surface area contributed by atoms with Gasteiger partial charge in [0.1, 0.15) is 5.75 Å². The molecule has 0 fully saturated rings. The molecule has 0 aliphatic heterocycles. The van der Waals surface area contributed by atoms with E-state index in [4.69, 9.17) is 9.47 Å². The molecule has 120 valence electrons. The average Bonchev–Trinajstić information content (AvgIpc) is 2.64. The van der Waals surface area contributed by atoms with Gasteiger partial charge >= 0.3 is 5.97 Å². The third-order valence-electron chi connectivity index (χ3n) is 3.31. The molecule has 0 saturated carbocycles. The molecule has 0 bridgehead atoms. The van der Waals surface area contributed by atoms with Crippen molar-refractivity contribution in [3.05, 3.63) is 72.3 Å². The highest BCUT2D eigenvalue weighted by molar-refractivity contribution is 5.90. The van der Waals surface area contributed by atoms with Gasteiger partial charge in [-0.05, 0) is 49.4 Å². The molecular formula is C19H16N2O3. The lowest BCUT2D eigenvalue weighted by Crippen LogP contribution is -2.09. The summed E-state index contributed by atoms with van der Waals surface area (Å²) in [6.07, 6.45) is 0. The van der Waals surface area contributed by atoms with Crippen LogP contribution < -0.4 is 9.47 Å². The molecule has 1 aromatic heterocycles. The lowest BCUT2D eigenvalue weighted by atomic mass is 10.1. The number of esters is 1. The predicted octanol–water partition coefficient (Wildman–Crippen LogP) is 3.76. The Bertz CT molecular complexity index is 800. The maximum atomic E-state index is 12.0. The highest BCUT2D eigenvalue weighted by Crippen LogP contribution is 2.21. The van der Waals surface area contributed by atoms with Gasteiger partial charge in [0.25, 0.3) is 0 Å². The molecular weight excluding hydrogens is 304 g/mol. The van der Waals surface area contributed by atoms with Crippen molar-refractivity contribution in [2.75, 3.05) is 6.61 Å². The van der Waals surface area contributed by atoms with E-state index in [0.717, 1.165) is 11.3 Å². The van der Waals surface area contributed by atoms with Gasteiger partial charge in [-0.25, -0.2) is 4.79 Å². The Kier molecular flexibility index (Phi) is 4.81. The van der Waals surface area contributed by atoms with Crippen molar-refractivity contribution in [3.8, 4) is 22.9 Å². The fourth-order valence-electron chi connectivity index (χ4n) is 2.15. The van der Waals surface area contributed by atoms with Gasteiger partial charge in [-0.15, -0.1) is 10.2 Å². The van der Waals surface area contributed by atoms with Crippen molar-refractivity contribution >= 4 is 5.97 Å². The van der Waals surface area contributed by atoms with Crippen molar-refractivity contribution in [1.29, 1.82) is 0 Å². The molecule has 0 unspecified atom stereocenters. The highest BCUT2D eigenvalue weighted by Gasteiger charge is 2.09. The SMILES string of the molecule is CCOc1ccc(-c2ccc(OC(=O)c3ccccc3)nn2)cc1. The van der Waals surface area contributed by atoms with Crippen LogP contribution in [0.5, 0.6) is 11.6 Å².